The number of hydrogen-bond acceptors (Lipinski definition) is 4. The summed E-state index contributed by atoms with van der Waals surface area (Å²) in [4.78, 5) is 40.4. The highest BCUT2D eigenvalue weighted by molar-refractivity contribution is 5.79. The summed E-state index contributed by atoms with van der Waals surface area (Å²) in [6.07, 6.45) is -3.05. The second kappa shape index (κ2) is 17.4. The third kappa shape index (κ3) is 14.1. The Morgan fingerprint density at radius 3 is 1.48 bits per heavy atom. The van der Waals surface area contributed by atoms with Gasteiger partial charge in [-0.1, -0.05) is 78.0 Å². The van der Waals surface area contributed by atoms with Crippen molar-refractivity contribution in [2.45, 2.75) is 117 Å². The van der Waals surface area contributed by atoms with Crippen LogP contribution in [0.2, 0.25) is 0 Å². The van der Waals surface area contributed by atoms with Crippen LogP contribution in [0.15, 0.2) is 48.8 Å². The number of allylic oxidation sites excluding steroid dienone is 4. The molecule has 2 heterocycles. The van der Waals surface area contributed by atoms with E-state index in [4.69, 9.17) is 0 Å². The Bertz CT molecular complexity index is 1770. The number of nitrogens with one attached hydrogen (secondary N) is 4. The molecule has 0 saturated heterocycles. The number of nitrogens with zero attached hydrogens (tertiary/aromatic N) is 2. The second-order valence-corrected chi connectivity index (χ2v) is 16.6. The van der Waals surface area contributed by atoms with Gasteiger partial charge in [-0.3, -0.25) is 9.59 Å². The van der Waals surface area contributed by atoms with Gasteiger partial charge in [0.05, 0.1) is 23.8 Å². The van der Waals surface area contributed by atoms with Gasteiger partial charge in [0.25, 0.3) is 0 Å². The monoisotopic (exact) mass is 762 g/mol. The highest BCUT2D eigenvalue weighted by atomic mass is 19.4. The Morgan fingerprint density at radius 1 is 0.648 bits per heavy atom. The van der Waals surface area contributed by atoms with E-state index < -0.39 is 37.0 Å². The number of carbonyl (C=O) groups excluding carboxylic acids is 2. The normalized spacial score (nSPS) is 15.3. The van der Waals surface area contributed by atoms with Crippen LogP contribution < -0.4 is 10.6 Å². The topological polar surface area (TPSA) is 116 Å². The van der Waals surface area contributed by atoms with Crippen molar-refractivity contribution >= 4 is 23.0 Å². The first-order chi connectivity index (χ1) is 25.0. The molecule has 54 heavy (non-hydrogen) atoms. The number of carbonyl (C=O) groups is 2. The van der Waals surface area contributed by atoms with E-state index in [-0.39, 0.29) is 48.3 Å². The number of amides is 2. The van der Waals surface area contributed by atoms with Gasteiger partial charge in [0.15, 0.2) is 0 Å². The Kier molecular flexibility index (Phi) is 13.7. The van der Waals surface area contributed by atoms with Gasteiger partial charge in [-0.2, -0.15) is 26.3 Å². The maximum atomic E-state index is 13.1. The van der Waals surface area contributed by atoms with Crippen LogP contribution in [-0.2, 0) is 9.59 Å². The van der Waals surface area contributed by atoms with Crippen molar-refractivity contribution < 1.29 is 35.9 Å². The highest BCUT2D eigenvalue weighted by Gasteiger charge is 2.32. The largest absolute Gasteiger partial charge is 0.389 e. The van der Waals surface area contributed by atoms with Crippen molar-refractivity contribution in [3.05, 3.63) is 71.7 Å². The van der Waals surface area contributed by atoms with Crippen molar-refractivity contribution in [1.82, 2.24) is 30.6 Å². The van der Waals surface area contributed by atoms with Crippen LogP contribution in [-0.4, -0.2) is 57.2 Å². The lowest BCUT2D eigenvalue weighted by Gasteiger charge is -2.20. The van der Waals surface area contributed by atoms with Gasteiger partial charge < -0.3 is 20.6 Å². The van der Waals surface area contributed by atoms with Crippen molar-refractivity contribution in [3.8, 4) is 11.3 Å². The number of halogens is 6. The van der Waals surface area contributed by atoms with Gasteiger partial charge >= 0.3 is 12.4 Å². The molecule has 2 aromatic heterocycles. The van der Waals surface area contributed by atoms with Crippen LogP contribution in [0.5, 0.6) is 0 Å². The number of imidazole rings is 2. The first-order valence-corrected chi connectivity index (χ1v) is 18.3. The van der Waals surface area contributed by atoms with E-state index >= 15 is 0 Å². The molecule has 1 aromatic carbocycles. The summed E-state index contributed by atoms with van der Waals surface area (Å²) in [5, 5.41) is 5.63. The number of aromatic amines is 2. The van der Waals surface area contributed by atoms with E-state index in [1.54, 1.807) is 12.4 Å². The first-order valence-electron chi connectivity index (χ1n) is 18.3. The summed E-state index contributed by atoms with van der Waals surface area (Å²) in [6, 6.07) is 7.69. The molecule has 2 atom stereocenters. The summed E-state index contributed by atoms with van der Waals surface area (Å²) in [5.41, 5.74) is 4.76. The maximum Gasteiger partial charge on any atom is 0.389 e. The Hall–Kier alpha value is -4.36. The van der Waals surface area contributed by atoms with Gasteiger partial charge in [-0.25, -0.2) is 9.97 Å². The molecule has 4 N–H and O–H groups in total. The molecular weight excluding hydrogens is 710 g/mol. The smallest absolute Gasteiger partial charge is 0.356 e. The molecular formula is C40H52F6N6O2. The zero-order chi connectivity index (χ0) is 39.9. The lowest BCUT2D eigenvalue weighted by Crippen LogP contribution is -2.33. The second-order valence-electron chi connectivity index (χ2n) is 16.6. The molecule has 1 aliphatic carbocycles. The lowest BCUT2D eigenvalue weighted by atomic mass is 9.91. The summed E-state index contributed by atoms with van der Waals surface area (Å²) in [5.74, 6) is -1.42. The van der Waals surface area contributed by atoms with Crippen molar-refractivity contribution in [2.75, 3.05) is 13.1 Å². The summed E-state index contributed by atoms with van der Waals surface area (Å²) < 4.78 is 78.8. The highest BCUT2D eigenvalue weighted by Crippen LogP contribution is 2.35. The number of H-pyrrole nitrogens is 2. The fraction of sp³-hybridized carbons (Fsp3) is 0.550. The zero-order valence-corrected chi connectivity index (χ0v) is 31.8. The van der Waals surface area contributed by atoms with Crippen LogP contribution in [0, 0.1) is 10.8 Å². The van der Waals surface area contributed by atoms with E-state index in [0.717, 1.165) is 22.3 Å². The molecule has 0 unspecified atom stereocenters. The third-order valence-electron chi connectivity index (χ3n) is 9.07. The van der Waals surface area contributed by atoms with Crippen LogP contribution in [0.3, 0.4) is 0 Å². The van der Waals surface area contributed by atoms with Crippen molar-refractivity contribution in [1.29, 1.82) is 0 Å². The minimum absolute atomic E-state index is 0.106. The molecule has 0 bridgehead atoms. The fourth-order valence-corrected chi connectivity index (χ4v) is 6.03. The van der Waals surface area contributed by atoms with E-state index in [2.05, 4.69) is 30.6 Å². The van der Waals surface area contributed by atoms with Crippen LogP contribution in [0.4, 0.5) is 26.3 Å². The van der Waals surface area contributed by atoms with Gasteiger partial charge in [0.1, 0.15) is 11.6 Å². The standard InChI is InChI=1S/C40H52F6N6O2/c1-37(2,3)23-49-33(53)19-29(15-17-39(41,42)43)35-47-21-31(51-35)27-11-7-25(8-12-27)26-9-13-28(14-10-26)32-22-48-36(52-32)30(16-18-40(44,45)46)20-34(54)50-24-38(4,5)6/h7-9,11-13,21-22,29-30H,10,14-20,23-24H2,1-6H3,(H,47,51)(H,48,52)(H,49,53)(H,50,54)/t29-,30-/m1/s1. The van der Waals surface area contributed by atoms with E-state index in [1.807, 2.05) is 78.0 Å². The predicted octanol–water partition coefficient (Wildman–Crippen LogP) is 10.0. The first kappa shape index (κ1) is 42.4. The molecule has 8 nitrogen and oxygen atoms in total. The quantitative estimate of drug-likeness (QED) is 0.115. The Morgan fingerprint density at radius 2 is 1.06 bits per heavy atom. The average Bonchev–Trinajstić information content (AvgIpc) is 3.77. The SMILES string of the molecule is CC(C)(C)CNC(=O)C[C@@H](CCC(F)(F)F)c1ncc(C2=CC=C(c3ccc(-c4cnc([C@H](CCC(F)(F)F)CC(=O)NCC(C)(C)C)[nH]4)cc3)CC2)[nH]1. The predicted molar refractivity (Wildman–Crippen MR) is 198 cm³/mol. The number of aromatic nitrogens is 4. The molecule has 296 valence electrons. The van der Waals surface area contributed by atoms with Crippen LogP contribution in [0.25, 0.3) is 22.4 Å². The van der Waals surface area contributed by atoms with E-state index in [1.165, 1.54) is 0 Å². The minimum atomic E-state index is -4.36. The fourth-order valence-electron chi connectivity index (χ4n) is 6.03. The van der Waals surface area contributed by atoms with Gasteiger partial charge in [0.2, 0.25) is 11.8 Å². The lowest BCUT2D eigenvalue weighted by molar-refractivity contribution is -0.138. The molecule has 2 amide bonds. The number of benzene rings is 1. The molecule has 0 aliphatic heterocycles. The average molecular weight is 763 g/mol. The Balaban J connectivity index is 1.44. The van der Waals surface area contributed by atoms with Gasteiger partial charge in [-0.05, 0) is 58.8 Å². The van der Waals surface area contributed by atoms with Gasteiger partial charge in [-0.15, -0.1) is 0 Å². The number of alkyl halides is 6. The van der Waals surface area contributed by atoms with E-state index in [9.17, 15) is 35.9 Å². The zero-order valence-electron chi connectivity index (χ0n) is 31.8. The van der Waals surface area contributed by atoms with E-state index in [0.29, 0.717) is 49.0 Å². The Labute approximate surface area is 313 Å². The van der Waals surface area contributed by atoms with Crippen molar-refractivity contribution in [3.63, 3.8) is 0 Å². The molecule has 4 rings (SSSR count). The number of rotatable bonds is 15. The third-order valence-corrected chi connectivity index (χ3v) is 9.07. The summed E-state index contributed by atoms with van der Waals surface area (Å²) in [7, 11) is 0. The molecule has 0 fully saturated rings. The number of hydrogen-bond donors (Lipinski definition) is 4. The molecule has 14 heteroatoms. The summed E-state index contributed by atoms with van der Waals surface area (Å²) >= 11 is 0. The van der Waals surface area contributed by atoms with Gasteiger partial charge in [0, 0.05) is 50.6 Å². The van der Waals surface area contributed by atoms with Crippen LogP contribution in [0.1, 0.15) is 128 Å². The molecule has 1 aliphatic rings. The molecule has 0 radical (unpaired) electrons. The summed E-state index contributed by atoms with van der Waals surface area (Å²) in [6.45, 7) is 12.6. The molecule has 0 spiro atoms. The minimum Gasteiger partial charge on any atom is -0.356 e. The van der Waals surface area contributed by atoms with Crippen molar-refractivity contribution in [2.24, 2.45) is 10.8 Å². The van der Waals surface area contributed by atoms with Crippen LogP contribution >= 0.6 is 0 Å². The molecule has 0 saturated carbocycles. The molecule has 3 aromatic rings. The maximum absolute atomic E-state index is 13.1.